The van der Waals surface area contributed by atoms with Crippen LogP contribution in [-0.4, -0.2) is 32.4 Å². The summed E-state index contributed by atoms with van der Waals surface area (Å²) in [5.74, 6) is -0.340. The van der Waals surface area contributed by atoms with E-state index >= 15 is 0 Å². The first-order chi connectivity index (χ1) is 11.4. The number of nitrogens with two attached hydrogens (primary N) is 1. The van der Waals surface area contributed by atoms with Crippen LogP contribution in [0, 0.1) is 0 Å². The molecule has 2 aromatic rings. The Morgan fingerprint density at radius 2 is 1.88 bits per heavy atom. The number of halogens is 1. The van der Waals surface area contributed by atoms with Crippen LogP contribution in [0.25, 0.3) is 0 Å². The third kappa shape index (κ3) is 2.97. The van der Waals surface area contributed by atoms with Gasteiger partial charge in [-0.15, -0.1) is 0 Å². The Kier molecular flexibility index (Phi) is 4.71. The molecule has 3 atom stereocenters. The van der Waals surface area contributed by atoms with Crippen molar-refractivity contribution in [1.29, 1.82) is 0 Å². The van der Waals surface area contributed by atoms with Crippen molar-refractivity contribution in [3.8, 4) is 0 Å². The minimum absolute atomic E-state index is 0.192. The molecule has 2 N–H and O–H groups in total. The van der Waals surface area contributed by atoms with Crippen LogP contribution in [0.5, 0.6) is 0 Å². The number of benzene rings is 2. The van der Waals surface area contributed by atoms with Crippen molar-refractivity contribution in [3.63, 3.8) is 0 Å². The van der Waals surface area contributed by atoms with Crippen LogP contribution in [0.15, 0.2) is 59.5 Å². The van der Waals surface area contributed by atoms with Crippen molar-refractivity contribution in [2.75, 3.05) is 13.2 Å². The highest BCUT2D eigenvalue weighted by Gasteiger charge is 2.69. The second-order valence-corrected chi connectivity index (χ2v) is 8.57. The zero-order valence-corrected chi connectivity index (χ0v) is 14.9. The van der Waals surface area contributed by atoms with Gasteiger partial charge in [-0.25, -0.2) is 8.42 Å². The molecule has 0 radical (unpaired) electrons. The van der Waals surface area contributed by atoms with E-state index in [1.54, 1.807) is 42.5 Å². The van der Waals surface area contributed by atoms with E-state index < -0.39 is 20.6 Å². The molecule has 128 valence electrons. The molecular formula is C18H20ClNO3S. The Bertz CT molecular complexity index is 825. The highest BCUT2D eigenvalue weighted by Crippen LogP contribution is 2.56. The zero-order valence-electron chi connectivity index (χ0n) is 13.4. The minimum Gasteiger partial charge on any atom is -0.380 e. The first kappa shape index (κ1) is 17.4. The lowest BCUT2D eigenvalue weighted by molar-refractivity contribution is 0.125. The summed E-state index contributed by atoms with van der Waals surface area (Å²) in [6.45, 7) is 2.54. The van der Waals surface area contributed by atoms with Gasteiger partial charge < -0.3 is 10.5 Å². The summed E-state index contributed by atoms with van der Waals surface area (Å²) >= 11 is 6.07. The number of hydrogen-bond donors (Lipinski definition) is 1. The average Bonchev–Trinajstić information content (AvgIpc) is 3.21. The Balaban J connectivity index is 2.01. The van der Waals surface area contributed by atoms with Gasteiger partial charge in [-0.2, -0.15) is 0 Å². The second-order valence-electron chi connectivity index (χ2n) is 6.06. The van der Waals surface area contributed by atoms with Gasteiger partial charge in [-0.05, 0) is 36.8 Å². The van der Waals surface area contributed by atoms with Gasteiger partial charge in [-0.3, -0.25) is 0 Å². The molecule has 0 bridgehead atoms. The van der Waals surface area contributed by atoms with Crippen LogP contribution in [0.2, 0.25) is 5.02 Å². The molecule has 4 nitrogen and oxygen atoms in total. The number of sulfone groups is 1. The van der Waals surface area contributed by atoms with Crippen LogP contribution in [0.1, 0.15) is 18.4 Å². The smallest absolute Gasteiger partial charge is 0.183 e. The highest BCUT2D eigenvalue weighted by molar-refractivity contribution is 7.92. The summed E-state index contributed by atoms with van der Waals surface area (Å²) in [5.41, 5.74) is 6.36. The largest absolute Gasteiger partial charge is 0.380 e. The molecule has 0 aliphatic heterocycles. The number of ether oxygens (including phenoxy) is 1. The fourth-order valence-electron chi connectivity index (χ4n) is 3.28. The van der Waals surface area contributed by atoms with E-state index in [0.29, 0.717) is 11.6 Å². The van der Waals surface area contributed by atoms with Gasteiger partial charge in [0.1, 0.15) is 0 Å². The predicted octanol–water partition coefficient (Wildman–Crippen LogP) is 3.01. The summed E-state index contributed by atoms with van der Waals surface area (Å²) in [5, 5.41) is -0.161. The molecule has 0 heterocycles. The Morgan fingerprint density at radius 3 is 2.50 bits per heavy atom. The maximum absolute atomic E-state index is 13.1. The summed E-state index contributed by atoms with van der Waals surface area (Å²) in [4.78, 5) is 0.283. The van der Waals surface area contributed by atoms with Gasteiger partial charge in [0.2, 0.25) is 0 Å². The van der Waals surface area contributed by atoms with Gasteiger partial charge in [-0.1, -0.05) is 41.9 Å². The summed E-state index contributed by atoms with van der Waals surface area (Å²) < 4.78 is 31.6. The van der Waals surface area contributed by atoms with E-state index in [9.17, 15) is 8.42 Å². The van der Waals surface area contributed by atoms with Crippen molar-refractivity contribution >= 4 is 21.4 Å². The molecule has 24 heavy (non-hydrogen) atoms. The van der Waals surface area contributed by atoms with E-state index in [0.717, 1.165) is 5.56 Å². The molecule has 3 unspecified atom stereocenters. The predicted molar refractivity (Wildman–Crippen MR) is 95.0 cm³/mol. The first-order valence-electron chi connectivity index (χ1n) is 7.82. The quantitative estimate of drug-likeness (QED) is 0.854. The zero-order chi connectivity index (χ0) is 17.4. The first-order valence-corrected chi connectivity index (χ1v) is 9.74. The molecule has 1 aliphatic rings. The monoisotopic (exact) mass is 365 g/mol. The van der Waals surface area contributed by atoms with Gasteiger partial charge in [0.15, 0.2) is 9.84 Å². The van der Waals surface area contributed by atoms with Crippen molar-refractivity contribution in [2.24, 2.45) is 5.73 Å². The van der Waals surface area contributed by atoms with Crippen molar-refractivity contribution in [1.82, 2.24) is 0 Å². The molecule has 1 saturated carbocycles. The van der Waals surface area contributed by atoms with E-state index in [4.69, 9.17) is 22.1 Å². The fraction of sp³-hybridized carbons (Fsp3) is 0.333. The Morgan fingerprint density at radius 1 is 1.17 bits per heavy atom. The summed E-state index contributed by atoms with van der Waals surface area (Å²) in [7, 11) is -3.56. The SMILES string of the molecule is CCOCC1(N)C(c2cccc(Cl)c2)C1S(=O)(=O)c1ccccc1. The molecule has 0 aromatic heterocycles. The molecular weight excluding hydrogens is 346 g/mol. The molecule has 1 fully saturated rings. The average molecular weight is 366 g/mol. The topological polar surface area (TPSA) is 69.4 Å². The van der Waals surface area contributed by atoms with Crippen molar-refractivity contribution in [2.45, 2.75) is 28.5 Å². The van der Waals surface area contributed by atoms with Crippen LogP contribution in [-0.2, 0) is 14.6 Å². The number of hydrogen-bond acceptors (Lipinski definition) is 4. The van der Waals surface area contributed by atoms with Gasteiger partial charge in [0, 0.05) is 17.5 Å². The van der Waals surface area contributed by atoms with Crippen LogP contribution in [0.4, 0.5) is 0 Å². The summed E-state index contributed by atoms with van der Waals surface area (Å²) in [6.07, 6.45) is 0. The lowest BCUT2D eigenvalue weighted by Crippen LogP contribution is -2.36. The van der Waals surface area contributed by atoms with Crippen LogP contribution < -0.4 is 5.73 Å². The molecule has 1 aliphatic carbocycles. The fourth-order valence-corrected chi connectivity index (χ4v) is 5.79. The van der Waals surface area contributed by atoms with Gasteiger partial charge in [0.05, 0.1) is 22.3 Å². The third-order valence-electron chi connectivity index (χ3n) is 4.47. The van der Waals surface area contributed by atoms with Crippen molar-refractivity contribution in [3.05, 3.63) is 65.2 Å². The van der Waals surface area contributed by atoms with Crippen molar-refractivity contribution < 1.29 is 13.2 Å². The van der Waals surface area contributed by atoms with E-state index in [1.165, 1.54) is 0 Å². The Hall–Kier alpha value is -1.40. The van der Waals surface area contributed by atoms with Crippen LogP contribution >= 0.6 is 11.6 Å². The molecule has 3 rings (SSSR count). The minimum atomic E-state index is -3.56. The molecule has 0 spiro atoms. The lowest BCUT2D eigenvalue weighted by atomic mass is 10.1. The maximum atomic E-state index is 13.1. The Labute approximate surface area is 147 Å². The van der Waals surface area contributed by atoms with E-state index in [1.807, 2.05) is 19.1 Å². The molecule has 0 saturated heterocycles. The van der Waals surface area contributed by atoms with Crippen LogP contribution in [0.3, 0.4) is 0 Å². The molecule has 2 aromatic carbocycles. The third-order valence-corrected chi connectivity index (χ3v) is 7.02. The van der Waals surface area contributed by atoms with E-state index in [-0.39, 0.29) is 17.4 Å². The second kappa shape index (κ2) is 6.48. The highest BCUT2D eigenvalue weighted by atomic mass is 35.5. The molecule has 0 amide bonds. The lowest BCUT2D eigenvalue weighted by Gasteiger charge is -2.12. The summed E-state index contributed by atoms with van der Waals surface area (Å²) in [6, 6.07) is 15.6. The van der Waals surface area contributed by atoms with Gasteiger partial charge >= 0.3 is 0 Å². The van der Waals surface area contributed by atoms with Gasteiger partial charge in [0.25, 0.3) is 0 Å². The maximum Gasteiger partial charge on any atom is 0.183 e. The van der Waals surface area contributed by atoms with E-state index in [2.05, 4.69) is 0 Å². The standard InChI is InChI=1S/C18H20ClNO3S/c1-2-23-12-18(20)16(13-7-6-8-14(19)11-13)17(18)24(21,22)15-9-4-3-5-10-15/h3-11,16-17H,2,12,20H2,1H3. The number of rotatable bonds is 6. The normalized spacial score (nSPS) is 26.3. The molecule has 6 heteroatoms.